The van der Waals surface area contributed by atoms with Gasteiger partial charge in [-0.1, -0.05) is 32.9 Å². The summed E-state index contributed by atoms with van der Waals surface area (Å²) in [6, 6.07) is 8.90. The molecule has 5 heteroatoms. The summed E-state index contributed by atoms with van der Waals surface area (Å²) in [5, 5.41) is 10.7. The van der Waals surface area contributed by atoms with Crippen LogP contribution in [-0.2, 0) is 14.9 Å². The SMILES string of the molecule is CC(C)(C)c1ccc(C(=O)NCC(=O)OCC#N)cc1. The van der Waals surface area contributed by atoms with Gasteiger partial charge in [-0.3, -0.25) is 9.59 Å². The molecule has 0 fully saturated rings. The maximum Gasteiger partial charge on any atom is 0.326 e. The van der Waals surface area contributed by atoms with Crippen molar-refractivity contribution in [1.82, 2.24) is 5.32 Å². The number of ether oxygens (including phenoxy) is 1. The van der Waals surface area contributed by atoms with E-state index in [1.165, 1.54) is 0 Å². The number of hydrogen-bond donors (Lipinski definition) is 1. The van der Waals surface area contributed by atoms with Crippen LogP contribution in [0.5, 0.6) is 0 Å². The number of carbonyl (C=O) groups excluding carboxylic acids is 2. The lowest BCUT2D eigenvalue weighted by molar-refractivity contribution is -0.140. The van der Waals surface area contributed by atoms with Crippen LogP contribution in [0.2, 0.25) is 0 Å². The quantitative estimate of drug-likeness (QED) is 0.849. The minimum atomic E-state index is -0.633. The molecule has 0 aliphatic carbocycles. The highest BCUT2D eigenvalue weighted by molar-refractivity contribution is 5.95. The Morgan fingerprint density at radius 3 is 2.35 bits per heavy atom. The van der Waals surface area contributed by atoms with Crippen LogP contribution in [0, 0.1) is 11.3 Å². The van der Waals surface area contributed by atoms with Crippen LogP contribution < -0.4 is 5.32 Å². The van der Waals surface area contributed by atoms with Gasteiger partial charge in [0.25, 0.3) is 5.91 Å². The molecule has 0 atom stereocenters. The average Bonchev–Trinajstić information content (AvgIpc) is 2.41. The number of hydrogen-bond acceptors (Lipinski definition) is 4. The van der Waals surface area contributed by atoms with E-state index in [0.717, 1.165) is 5.56 Å². The average molecular weight is 274 g/mol. The highest BCUT2D eigenvalue weighted by Crippen LogP contribution is 2.22. The normalized spacial score (nSPS) is 10.5. The summed E-state index contributed by atoms with van der Waals surface area (Å²) >= 11 is 0. The van der Waals surface area contributed by atoms with Gasteiger partial charge in [-0.2, -0.15) is 5.26 Å². The molecule has 0 aliphatic heterocycles. The molecule has 1 amide bonds. The molecule has 1 N–H and O–H groups in total. The van der Waals surface area contributed by atoms with Gasteiger partial charge in [-0.25, -0.2) is 0 Å². The molecular weight excluding hydrogens is 256 g/mol. The fraction of sp³-hybridized carbons (Fsp3) is 0.400. The number of benzene rings is 1. The minimum Gasteiger partial charge on any atom is -0.449 e. The second kappa shape index (κ2) is 6.71. The van der Waals surface area contributed by atoms with Crippen molar-refractivity contribution in [2.45, 2.75) is 26.2 Å². The van der Waals surface area contributed by atoms with Gasteiger partial charge >= 0.3 is 5.97 Å². The molecule has 1 aromatic rings. The fourth-order valence-electron chi connectivity index (χ4n) is 1.54. The van der Waals surface area contributed by atoms with Crippen molar-refractivity contribution in [2.75, 3.05) is 13.2 Å². The second-order valence-corrected chi connectivity index (χ2v) is 5.33. The zero-order chi connectivity index (χ0) is 15.2. The Balaban J connectivity index is 2.57. The Morgan fingerprint density at radius 1 is 1.25 bits per heavy atom. The van der Waals surface area contributed by atoms with Crippen LogP contribution >= 0.6 is 0 Å². The maximum absolute atomic E-state index is 11.8. The van der Waals surface area contributed by atoms with Crippen molar-refractivity contribution in [3.05, 3.63) is 35.4 Å². The largest absolute Gasteiger partial charge is 0.449 e. The van der Waals surface area contributed by atoms with Gasteiger partial charge in [0.1, 0.15) is 12.6 Å². The first kappa shape index (κ1) is 15.7. The molecule has 0 saturated carbocycles. The summed E-state index contributed by atoms with van der Waals surface area (Å²) in [6.07, 6.45) is 0. The number of nitrogens with zero attached hydrogens (tertiary/aromatic N) is 1. The van der Waals surface area contributed by atoms with Crippen molar-refractivity contribution in [3.8, 4) is 6.07 Å². The molecule has 0 bridgehead atoms. The number of nitriles is 1. The van der Waals surface area contributed by atoms with Crippen molar-refractivity contribution in [1.29, 1.82) is 5.26 Å². The van der Waals surface area contributed by atoms with E-state index in [1.807, 2.05) is 12.1 Å². The summed E-state index contributed by atoms with van der Waals surface area (Å²) < 4.78 is 4.53. The van der Waals surface area contributed by atoms with Crippen LogP contribution in [0.1, 0.15) is 36.7 Å². The molecular formula is C15H18N2O3. The van der Waals surface area contributed by atoms with Crippen LogP contribution in [0.25, 0.3) is 0 Å². The van der Waals surface area contributed by atoms with Crippen LogP contribution in [0.3, 0.4) is 0 Å². The topological polar surface area (TPSA) is 79.2 Å². The molecule has 0 aliphatic rings. The highest BCUT2D eigenvalue weighted by Gasteiger charge is 2.14. The van der Waals surface area contributed by atoms with Gasteiger partial charge in [0.05, 0.1) is 0 Å². The first-order valence-electron chi connectivity index (χ1n) is 6.26. The van der Waals surface area contributed by atoms with Crippen LogP contribution in [-0.4, -0.2) is 25.0 Å². The Labute approximate surface area is 118 Å². The van der Waals surface area contributed by atoms with Gasteiger partial charge in [0.15, 0.2) is 6.61 Å². The predicted molar refractivity (Wildman–Crippen MR) is 74.0 cm³/mol. The van der Waals surface area contributed by atoms with Gasteiger partial charge in [0.2, 0.25) is 0 Å². The fourth-order valence-corrected chi connectivity index (χ4v) is 1.54. The molecule has 1 aromatic carbocycles. The molecule has 0 heterocycles. The Bertz CT molecular complexity index is 522. The van der Waals surface area contributed by atoms with E-state index in [2.05, 4.69) is 30.8 Å². The van der Waals surface area contributed by atoms with E-state index in [0.29, 0.717) is 5.56 Å². The molecule has 1 rings (SSSR count). The molecule has 0 unspecified atom stereocenters. The number of rotatable bonds is 4. The number of esters is 1. The summed E-state index contributed by atoms with van der Waals surface area (Å²) in [6.45, 7) is 5.71. The Kier molecular flexibility index (Phi) is 5.27. The monoisotopic (exact) mass is 274 g/mol. The van der Waals surface area contributed by atoms with Gasteiger partial charge < -0.3 is 10.1 Å². The third kappa shape index (κ3) is 4.73. The number of nitrogens with one attached hydrogen (secondary N) is 1. The van der Waals surface area contributed by atoms with Gasteiger partial charge in [-0.05, 0) is 23.1 Å². The van der Waals surface area contributed by atoms with Crippen molar-refractivity contribution in [3.63, 3.8) is 0 Å². The Morgan fingerprint density at radius 2 is 1.85 bits per heavy atom. The second-order valence-electron chi connectivity index (χ2n) is 5.33. The first-order chi connectivity index (χ1) is 9.34. The van der Waals surface area contributed by atoms with E-state index in [9.17, 15) is 9.59 Å². The minimum absolute atomic E-state index is 0.0239. The first-order valence-corrected chi connectivity index (χ1v) is 6.26. The lowest BCUT2D eigenvalue weighted by Crippen LogP contribution is -2.30. The number of carbonyl (C=O) groups is 2. The smallest absolute Gasteiger partial charge is 0.326 e. The van der Waals surface area contributed by atoms with Crippen molar-refractivity contribution >= 4 is 11.9 Å². The summed E-state index contributed by atoms with van der Waals surface area (Å²) in [5.41, 5.74) is 1.63. The summed E-state index contributed by atoms with van der Waals surface area (Å²) in [5.74, 6) is -0.981. The molecule has 0 saturated heterocycles. The molecule has 0 spiro atoms. The number of amides is 1. The van der Waals surface area contributed by atoms with Crippen LogP contribution in [0.4, 0.5) is 0 Å². The van der Waals surface area contributed by atoms with E-state index >= 15 is 0 Å². The maximum atomic E-state index is 11.8. The third-order valence-corrected chi connectivity index (χ3v) is 2.70. The van der Waals surface area contributed by atoms with E-state index in [-0.39, 0.29) is 24.5 Å². The van der Waals surface area contributed by atoms with Crippen LogP contribution in [0.15, 0.2) is 24.3 Å². The molecule has 20 heavy (non-hydrogen) atoms. The predicted octanol–water partition coefficient (Wildman–Crippen LogP) is 1.78. The zero-order valence-electron chi connectivity index (χ0n) is 11.9. The van der Waals surface area contributed by atoms with Crippen molar-refractivity contribution in [2.24, 2.45) is 0 Å². The van der Waals surface area contributed by atoms with Gasteiger partial charge in [0, 0.05) is 5.56 Å². The third-order valence-electron chi connectivity index (χ3n) is 2.70. The summed E-state index contributed by atoms with van der Waals surface area (Å²) in [7, 11) is 0. The van der Waals surface area contributed by atoms with E-state index < -0.39 is 5.97 Å². The zero-order valence-corrected chi connectivity index (χ0v) is 11.9. The standard InChI is InChI=1S/C15H18N2O3/c1-15(2,3)12-6-4-11(5-7-12)14(19)17-10-13(18)20-9-8-16/h4-7H,9-10H2,1-3H3,(H,17,19). The Hall–Kier alpha value is -2.35. The highest BCUT2D eigenvalue weighted by atomic mass is 16.5. The van der Waals surface area contributed by atoms with E-state index in [4.69, 9.17) is 5.26 Å². The molecule has 5 nitrogen and oxygen atoms in total. The lowest BCUT2D eigenvalue weighted by Gasteiger charge is -2.19. The van der Waals surface area contributed by atoms with E-state index in [1.54, 1.807) is 18.2 Å². The van der Waals surface area contributed by atoms with Gasteiger partial charge in [-0.15, -0.1) is 0 Å². The lowest BCUT2D eigenvalue weighted by atomic mass is 9.87. The molecule has 0 radical (unpaired) electrons. The molecule has 0 aromatic heterocycles. The molecule has 106 valence electrons. The van der Waals surface area contributed by atoms with Crippen molar-refractivity contribution < 1.29 is 14.3 Å². The summed E-state index contributed by atoms with van der Waals surface area (Å²) in [4.78, 5) is 22.9.